The Labute approximate surface area is 194 Å². The Balaban J connectivity index is 1.09. The Kier molecular flexibility index (Phi) is 6.25. The standard InChI is InChI=1S/C22H25N7O3S/c30-18(15-3-6-20-25-26-27-29(20)13-15)12-23-16-7-9-28(10-8-16)17-4-1-14(2-5-17)11-19-21(31)24-22(32)33-19/h1-6,13,16,18-19,23,30H,7-12H2,(H,24,31,32)/t18-,19?/m1/s1. The minimum absolute atomic E-state index is 0.204. The van der Waals surface area contributed by atoms with Crippen LogP contribution in [0.25, 0.3) is 5.65 Å². The van der Waals surface area contributed by atoms with E-state index in [0.29, 0.717) is 24.7 Å². The lowest BCUT2D eigenvalue weighted by Gasteiger charge is -2.34. The van der Waals surface area contributed by atoms with Crippen molar-refractivity contribution in [3.8, 4) is 0 Å². The number of carbonyl (C=O) groups is 2. The molecule has 4 heterocycles. The number of nitrogens with one attached hydrogen (secondary N) is 2. The fourth-order valence-electron chi connectivity index (χ4n) is 4.28. The van der Waals surface area contributed by atoms with Gasteiger partial charge >= 0.3 is 0 Å². The van der Waals surface area contributed by atoms with E-state index in [1.807, 2.05) is 18.2 Å². The van der Waals surface area contributed by atoms with E-state index in [-0.39, 0.29) is 16.4 Å². The minimum atomic E-state index is -0.625. The number of pyridine rings is 1. The Hall–Kier alpha value is -3.02. The van der Waals surface area contributed by atoms with Gasteiger partial charge in [-0.25, -0.2) is 4.52 Å². The van der Waals surface area contributed by atoms with Crippen molar-refractivity contribution in [1.82, 2.24) is 30.7 Å². The van der Waals surface area contributed by atoms with Crippen LogP contribution in [0, 0.1) is 0 Å². The normalized spacial score (nSPS) is 20.4. The molecule has 10 nitrogen and oxygen atoms in total. The van der Waals surface area contributed by atoms with Crippen LogP contribution in [0.1, 0.15) is 30.1 Å². The summed E-state index contributed by atoms with van der Waals surface area (Å²) in [7, 11) is 0. The summed E-state index contributed by atoms with van der Waals surface area (Å²) in [6.07, 6.45) is 3.66. The molecule has 3 aromatic rings. The highest BCUT2D eigenvalue weighted by atomic mass is 32.2. The number of piperidine rings is 1. The van der Waals surface area contributed by atoms with Crippen molar-refractivity contribution < 1.29 is 14.7 Å². The van der Waals surface area contributed by atoms with Gasteiger partial charge in [0.2, 0.25) is 5.91 Å². The van der Waals surface area contributed by atoms with Crippen LogP contribution >= 0.6 is 11.8 Å². The molecule has 5 rings (SSSR count). The number of aromatic nitrogens is 4. The van der Waals surface area contributed by atoms with Crippen molar-refractivity contribution in [3.63, 3.8) is 0 Å². The molecule has 11 heteroatoms. The fourth-order valence-corrected chi connectivity index (χ4v) is 5.14. The van der Waals surface area contributed by atoms with Crippen LogP contribution in [0.5, 0.6) is 0 Å². The van der Waals surface area contributed by atoms with Crippen molar-refractivity contribution in [2.24, 2.45) is 0 Å². The molecule has 33 heavy (non-hydrogen) atoms. The predicted molar refractivity (Wildman–Crippen MR) is 124 cm³/mol. The molecule has 1 aromatic carbocycles. The quantitative estimate of drug-likeness (QED) is 0.472. The van der Waals surface area contributed by atoms with E-state index in [1.165, 1.54) is 0 Å². The fraction of sp³-hybridized carbons (Fsp3) is 0.409. The number of aliphatic hydroxyl groups excluding tert-OH is 1. The zero-order chi connectivity index (χ0) is 22.8. The van der Waals surface area contributed by atoms with E-state index in [4.69, 9.17) is 0 Å². The van der Waals surface area contributed by atoms with E-state index in [9.17, 15) is 14.7 Å². The number of aliphatic hydroxyl groups is 1. The first-order valence-corrected chi connectivity index (χ1v) is 11.9. The Morgan fingerprint density at radius 3 is 2.67 bits per heavy atom. The third-order valence-corrected chi connectivity index (χ3v) is 7.17. The average Bonchev–Trinajstić information content (AvgIpc) is 3.43. The maximum absolute atomic E-state index is 11.8. The lowest BCUT2D eigenvalue weighted by atomic mass is 10.0. The molecule has 0 bridgehead atoms. The van der Waals surface area contributed by atoms with Gasteiger partial charge in [0.05, 0.1) is 11.4 Å². The summed E-state index contributed by atoms with van der Waals surface area (Å²) in [6, 6.07) is 12.2. The Morgan fingerprint density at radius 1 is 1.15 bits per heavy atom. The molecule has 2 aliphatic heterocycles. The van der Waals surface area contributed by atoms with Crippen molar-refractivity contribution >= 4 is 34.2 Å². The molecule has 0 aliphatic carbocycles. The van der Waals surface area contributed by atoms with Crippen molar-refractivity contribution in [1.29, 1.82) is 0 Å². The maximum atomic E-state index is 11.8. The van der Waals surface area contributed by atoms with Gasteiger partial charge in [0.25, 0.3) is 5.24 Å². The number of hydrogen-bond acceptors (Lipinski definition) is 9. The zero-order valence-corrected chi connectivity index (χ0v) is 18.7. The maximum Gasteiger partial charge on any atom is 0.286 e. The number of rotatable bonds is 7. The lowest BCUT2D eigenvalue weighted by molar-refractivity contribution is -0.118. The summed E-state index contributed by atoms with van der Waals surface area (Å²) >= 11 is 1.06. The average molecular weight is 468 g/mol. The van der Waals surface area contributed by atoms with Crippen molar-refractivity contribution in [3.05, 3.63) is 53.7 Å². The number of anilines is 1. The summed E-state index contributed by atoms with van der Waals surface area (Å²) in [4.78, 5) is 25.4. The van der Waals surface area contributed by atoms with E-state index >= 15 is 0 Å². The van der Waals surface area contributed by atoms with Crippen molar-refractivity contribution in [2.45, 2.75) is 36.7 Å². The minimum Gasteiger partial charge on any atom is -0.387 e. The molecule has 2 fully saturated rings. The van der Waals surface area contributed by atoms with Crippen molar-refractivity contribution in [2.75, 3.05) is 24.5 Å². The first-order chi connectivity index (χ1) is 16.0. The molecule has 0 saturated carbocycles. The third kappa shape index (κ3) is 5.00. The molecule has 3 N–H and O–H groups in total. The Bertz CT molecular complexity index is 1140. The summed E-state index contributed by atoms with van der Waals surface area (Å²) in [5.41, 5.74) is 3.63. The van der Waals surface area contributed by atoms with E-state index in [1.54, 1.807) is 16.8 Å². The predicted octanol–water partition coefficient (Wildman–Crippen LogP) is 1.31. The first kappa shape index (κ1) is 21.8. The molecule has 0 radical (unpaired) electrons. The number of carbonyl (C=O) groups excluding carboxylic acids is 2. The summed E-state index contributed by atoms with van der Waals surface area (Å²) < 4.78 is 1.56. The molecule has 2 aromatic heterocycles. The number of nitrogens with zero attached hydrogens (tertiary/aromatic N) is 5. The van der Waals surface area contributed by atoms with Gasteiger partial charge in [-0.2, -0.15) is 0 Å². The second-order valence-electron chi connectivity index (χ2n) is 8.38. The second-order valence-corrected chi connectivity index (χ2v) is 9.56. The first-order valence-electron chi connectivity index (χ1n) is 11.0. The highest BCUT2D eigenvalue weighted by Crippen LogP contribution is 2.25. The van der Waals surface area contributed by atoms with Gasteiger partial charge in [0.15, 0.2) is 5.65 Å². The zero-order valence-electron chi connectivity index (χ0n) is 17.9. The third-order valence-electron chi connectivity index (χ3n) is 6.18. The van der Waals surface area contributed by atoms with Gasteiger partial charge in [-0.15, -0.1) is 5.10 Å². The summed E-state index contributed by atoms with van der Waals surface area (Å²) in [6.45, 7) is 2.33. The van der Waals surface area contributed by atoms with Crippen LogP contribution in [0.15, 0.2) is 42.6 Å². The molecule has 2 saturated heterocycles. The van der Waals surface area contributed by atoms with Gasteiger partial charge in [0.1, 0.15) is 0 Å². The van der Waals surface area contributed by atoms with Crippen LogP contribution in [-0.2, 0) is 11.2 Å². The molecule has 2 aliphatic rings. The van der Waals surface area contributed by atoms with Gasteiger partial charge in [-0.1, -0.05) is 30.0 Å². The summed E-state index contributed by atoms with van der Waals surface area (Å²) in [5.74, 6) is -0.204. The van der Waals surface area contributed by atoms with Crippen LogP contribution in [0.4, 0.5) is 10.5 Å². The molecular formula is C22H25N7O3S. The highest BCUT2D eigenvalue weighted by molar-refractivity contribution is 8.15. The number of thioether (sulfide) groups is 1. The molecular weight excluding hydrogens is 442 g/mol. The van der Waals surface area contributed by atoms with Gasteiger partial charge in [-0.05, 0) is 53.5 Å². The van der Waals surface area contributed by atoms with Gasteiger partial charge < -0.3 is 15.3 Å². The molecule has 2 amide bonds. The van der Waals surface area contributed by atoms with E-state index < -0.39 is 6.10 Å². The smallest absolute Gasteiger partial charge is 0.286 e. The number of benzene rings is 1. The van der Waals surface area contributed by atoms with Gasteiger partial charge in [-0.3, -0.25) is 14.9 Å². The van der Waals surface area contributed by atoms with Crippen LogP contribution < -0.4 is 15.5 Å². The van der Waals surface area contributed by atoms with Gasteiger partial charge in [0, 0.05) is 43.1 Å². The SMILES string of the molecule is O=C1NC(=O)C(Cc2ccc(N3CCC(NC[C@@H](O)c4ccc5nnnn5c4)CC3)cc2)S1. The summed E-state index contributed by atoms with van der Waals surface area (Å²) in [5, 5.41) is 27.1. The monoisotopic (exact) mass is 467 g/mol. The number of imide groups is 1. The number of hydrogen-bond donors (Lipinski definition) is 3. The second kappa shape index (κ2) is 9.46. The topological polar surface area (TPSA) is 125 Å². The number of fused-ring (bicyclic) bond motifs is 1. The van der Waals surface area contributed by atoms with Crippen LogP contribution in [0.2, 0.25) is 0 Å². The van der Waals surface area contributed by atoms with E-state index in [2.05, 4.69) is 43.2 Å². The van der Waals surface area contributed by atoms with Crippen LogP contribution in [0.3, 0.4) is 0 Å². The molecule has 0 spiro atoms. The molecule has 1 unspecified atom stereocenters. The largest absolute Gasteiger partial charge is 0.387 e. The lowest BCUT2D eigenvalue weighted by Crippen LogP contribution is -2.43. The van der Waals surface area contributed by atoms with E-state index in [0.717, 1.165) is 54.5 Å². The van der Waals surface area contributed by atoms with Crippen LogP contribution in [-0.4, -0.2) is 67.2 Å². The molecule has 2 atom stereocenters. The number of amides is 2. The molecule has 172 valence electrons. The highest BCUT2D eigenvalue weighted by Gasteiger charge is 2.31. The number of tetrazole rings is 1. The Morgan fingerprint density at radius 2 is 1.94 bits per heavy atom.